The van der Waals surface area contributed by atoms with Crippen LogP contribution in [0, 0.1) is 0 Å². The van der Waals surface area contributed by atoms with Gasteiger partial charge in [0.25, 0.3) is 0 Å². The van der Waals surface area contributed by atoms with E-state index in [0.717, 1.165) is 12.5 Å². The standard InChI is InChI=1S/C17H22N2S2/c1-3-15(20-9-1)11-16(17-4-2-10-21-17)18-13-7-8-19(12-13)14-5-6-14/h1-4,9-10,13-14,16,18H,5-8,11-12H2. The van der Waals surface area contributed by atoms with Crippen LogP contribution in [0.2, 0.25) is 0 Å². The molecule has 0 amide bonds. The third-order valence-corrected chi connectivity index (χ3v) is 6.48. The van der Waals surface area contributed by atoms with Crippen molar-refractivity contribution in [2.75, 3.05) is 13.1 Å². The Bertz CT molecular complexity index is 545. The molecule has 1 aliphatic carbocycles. The van der Waals surface area contributed by atoms with Gasteiger partial charge in [-0.15, -0.1) is 22.7 Å². The molecule has 2 aromatic heterocycles. The summed E-state index contributed by atoms with van der Waals surface area (Å²) in [5, 5.41) is 8.33. The Morgan fingerprint density at radius 3 is 2.71 bits per heavy atom. The highest BCUT2D eigenvalue weighted by Crippen LogP contribution is 2.31. The van der Waals surface area contributed by atoms with Gasteiger partial charge in [0.15, 0.2) is 0 Å². The molecule has 1 saturated carbocycles. The zero-order valence-corrected chi connectivity index (χ0v) is 13.8. The maximum atomic E-state index is 3.94. The summed E-state index contributed by atoms with van der Waals surface area (Å²) >= 11 is 3.76. The summed E-state index contributed by atoms with van der Waals surface area (Å²) in [6.07, 6.45) is 5.29. The van der Waals surface area contributed by atoms with E-state index in [-0.39, 0.29) is 0 Å². The third-order valence-electron chi connectivity index (χ3n) is 4.59. The number of nitrogens with one attached hydrogen (secondary N) is 1. The van der Waals surface area contributed by atoms with Crippen molar-refractivity contribution in [3.63, 3.8) is 0 Å². The summed E-state index contributed by atoms with van der Waals surface area (Å²) in [6, 6.07) is 10.9. The van der Waals surface area contributed by atoms with E-state index in [1.807, 2.05) is 22.7 Å². The lowest BCUT2D eigenvalue weighted by Gasteiger charge is -2.22. The monoisotopic (exact) mass is 318 g/mol. The van der Waals surface area contributed by atoms with Crippen LogP contribution < -0.4 is 5.32 Å². The van der Waals surface area contributed by atoms with Crippen molar-refractivity contribution in [1.82, 2.24) is 10.2 Å². The summed E-state index contributed by atoms with van der Waals surface area (Å²) in [5.74, 6) is 0. The van der Waals surface area contributed by atoms with Crippen LogP contribution in [-0.4, -0.2) is 30.1 Å². The second kappa shape index (κ2) is 6.21. The van der Waals surface area contributed by atoms with Crippen LogP contribution in [0.25, 0.3) is 0 Å². The van der Waals surface area contributed by atoms with Gasteiger partial charge in [0.05, 0.1) is 0 Å². The number of likely N-dealkylation sites (tertiary alicyclic amines) is 1. The van der Waals surface area contributed by atoms with Gasteiger partial charge in [0.1, 0.15) is 0 Å². The number of nitrogens with zero attached hydrogens (tertiary/aromatic N) is 1. The van der Waals surface area contributed by atoms with E-state index < -0.39 is 0 Å². The highest BCUT2D eigenvalue weighted by molar-refractivity contribution is 7.10. The molecule has 2 nitrogen and oxygen atoms in total. The summed E-state index contributed by atoms with van der Waals surface area (Å²) in [5.41, 5.74) is 0. The van der Waals surface area contributed by atoms with E-state index >= 15 is 0 Å². The van der Waals surface area contributed by atoms with Gasteiger partial charge in [-0.25, -0.2) is 0 Å². The molecule has 4 rings (SSSR count). The summed E-state index contributed by atoms with van der Waals surface area (Å²) in [6.45, 7) is 2.54. The Hall–Kier alpha value is -0.680. The van der Waals surface area contributed by atoms with Crippen molar-refractivity contribution >= 4 is 22.7 Å². The molecule has 1 saturated heterocycles. The van der Waals surface area contributed by atoms with Crippen LogP contribution >= 0.6 is 22.7 Å². The smallest absolute Gasteiger partial charge is 0.0466 e. The van der Waals surface area contributed by atoms with Gasteiger partial charge in [0, 0.05) is 47.4 Å². The molecule has 0 bridgehead atoms. The van der Waals surface area contributed by atoms with Crippen molar-refractivity contribution in [2.24, 2.45) is 0 Å². The minimum atomic E-state index is 0.479. The minimum absolute atomic E-state index is 0.479. The first-order valence-corrected chi connectivity index (χ1v) is 9.70. The van der Waals surface area contributed by atoms with Crippen molar-refractivity contribution in [2.45, 2.75) is 43.8 Å². The Morgan fingerprint density at radius 2 is 2.00 bits per heavy atom. The van der Waals surface area contributed by atoms with E-state index in [9.17, 15) is 0 Å². The number of rotatable bonds is 6. The second-order valence-electron chi connectivity index (χ2n) is 6.23. The van der Waals surface area contributed by atoms with Gasteiger partial charge in [-0.2, -0.15) is 0 Å². The fourth-order valence-corrected chi connectivity index (χ4v) is 4.88. The fourth-order valence-electron chi connectivity index (χ4n) is 3.34. The molecule has 0 aromatic carbocycles. The Morgan fingerprint density at radius 1 is 1.14 bits per heavy atom. The number of thiophene rings is 2. The predicted molar refractivity (Wildman–Crippen MR) is 91.2 cm³/mol. The maximum Gasteiger partial charge on any atom is 0.0466 e. The quantitative estimate of drug-likeness (QED) is 0.868. The molecule has 112 valence electrons. The van der Waals surface area contributed by atoms with Crippen molar-refractivity contribution in [1.29, 1.82) is 0 Å². The van der Waals surface area contributed by atoms with Gasteiger partial charge in [-0.05, 0) is 42.2 Å². The second-order valence-corrected chi connectivity index (χ2v) is 8.24. The molecule has 21 heavy (non-hydrogen) atoms. The van der Waals surface area contributed by atoms with E-state index in [1.54, 1.807) is 0 Å². The van der Waals surface area contributed by atoms with E-state index in [0.29, 0.717) is 12.1 Å². The predicted octanol–water partition coefficient (Wildman–Crippen LogP) is 3.92. The molecule has 1 N–H and O–H groups in total. The molecular formula is C17H22N2S2. The molecule has 1 aliphatic heterocycles. The molecule has 2 atom stereocenters. The highest BCUT2D eigenvalue weighted by Gasteiger charge is 2.35. The molecule has 4 heteroatoms. The topological polar surface area (TPSA) is 15.3 Å². The molecule has 2 fully saturated rings. The van der Waals surface area contributed by atoms with Gasteiger partial charge < -0.3 is 5.32 Å². The fraction of sp³-hybridized carbons (Fsp3) is 0.529. The van der Waals surface area contributed by atoms with Crippen LogP contribution in [0.1, 0.15) is 35.1 Å². The third kappa shape index (κ3) is 3.39. The summed E-state index contributed by atoms with van der Waals surface area (Å²) in [4.78, 5) is 5.65. The SMILES string of the molecule is c1csc(CC(NC2CCN(C3CC3)C2)c2cccs2)c1. The Kier molecular flexibility index (Phi) is 4.12. The molecule has 3 heterocycles. The van der Waals surface area contributed by atoms with Crippen molar-refractivity contribution in [3.8, 4) is 0 Å². The van der Waals surface area contributed by atoms with E-state index in [2.05, 4.69) is 45.2 Å². The zero-order chi connectivity index (χ0) is 14.1. The average Bonchev–Trinajstić information content (AvgIpc) is 2.94. The minimum Gasteiger partial charge on any atom is -0.305 e. The number of hydrogen-bond acceptors (Lipinski definition) is 4. The molecule has 2 aromatic rings. The van der Waals surface area contributed by atoms with Crippen molar-refractivity contribution in [3.05, 3.63) is 44.8 Å². The molecular weight excluding hydrogens is 296 g/mol. The Balaban J connectivity index is 1.42. The lowest BCUT2D eigenvalue weighted by Crippen LogP contribution is -2.36. The van der Waals surface area contributed by atoms with Crippen LogP contribution in [0.4, 0.5) is 0 Å². The van der Waals surface area contributed by atoms with Crippen LogP contribution in [0.3, 0.4) is 0 Å². The average molecular weight is 319 g/mol. The van der Waals surface area contributed by atoms with Crippen LogP contribution in [0.15, 0.2) is 35.0 Å². The first-order chi connectivity index (χ1) is 10.4. The normalized spacial score (nSPS) is 24.5. The van der Waals surface area contributed by atoms with Crippen LogP contribution in [-0.2, 0) is 6.42 Å². The van der Waals surface area contributed by atoms with E-state index in [4.69, 9.17) is 0 Å². The molecule has 0 spiro atoms. The Labute approximate surface area is 134 Å². The van der Waals surface area contributed by atoms with E-state index in [1.165, 1.54) is 42.1 Å². The molecule has 0 radical (unpaired) electrons. The molecule has 2 aliphatic rings. The van der Waals surface area contributed by atoms with Gasteiger partial charge >= 0.3 is 0 Å². The first kappa shape index (κ1) is 13.9. The highest BCUT2D eigenvalue weighted by atomic mass is 32.1. The molecule has 2 unspecified atom stereocenters. The summed E-state index contributed by atoms with van der Waals surface area (Å²) < 4.78 is 0. The summed E-state index contributed by atoms with van der Waals surface area (Å²) in [7, 11) is 0. The van der Waals surface area contributed by atoms with Crippen molar-refractivity contribution < 1.29 is 0 Å². The lowest BCUT2D eigenvalue weighted by molar-refractivity contribution is 0.312. The van der Waals surface area contributed by atoms with Gasteiger partial charge in [-0.1, -0.05) is 12.1 Å². The first-order valence-electron chi connectivity index (χ1n) is 7.94. The van der Waals surface area contributed by atoms with Crippen LogP contribution in [0.5, 0.6) is 0 Å². The number of hydrogen-bond donors (Lipinski definition) is 1. The van der Waals surface area contributed by atoms with Gasteiger partial charge in [0.2, 0.25) is 0 Å². The van der Waals surface area contributed by atoms with Gasteiger partial charge in [-0.3, -0.25) is 4.90 Å². The largest absolute Gasteiger partial charge is 0.305 e. The lowest BCUT2D eigenvalue weighted by atomic mass is 10.1. The maximum absolute atomic E-state index is 3.94. The zero-order valence-electron chi connectivity index (χ0n) is 12.2.